The Bertz CT molecular complexity index is 319. The molecule has 0 saturated carbocycles. The van der Waals surface area contributed by atoms with Gasteiger partial charge in [-0.2, -0.15) is 5.10 Å². The van der Waals surface area contributed by atoms with Crippen molar-refractivity contribution in [2.75, 3.05) is 0 Å². The molecule has 1 heterocycles. The summed E-state index contributed by atoms with van der Waals surface area (Å²) in [6.45, 7) is 2.95. The molecule has 0 radical (unpaired) electrons. The van der Waals surface area contributed by atoms with Crippen LogP contribution in [0.25, 0.3) is 0 Å². The van der Waals surface area contributed by atoms with Gasteiger partial charge in [-0.25, -0.2) is 0 Å². The van der Waals surface area contributed by atoms with Crippen LogP contribution in [0.2, 0.25) is 0 Å². The van der Waals surface area contributed by atoms with Gasteiger partial charge in [0.1, 0.15) is 0 Å². The van der Waals surface area contributed by atoms with Crippen molar-refractivity contribution in [3.8, 4) is 0 Å². The quantitative estimate of drug-likeness (QED) is 0.392. The molecule has 0 atom stereocenters. The van der Waals surface area contributed by atoms with Gasteiger partial charge < -0.3 is 16.0 Å². The molecule has 1 aromatic rings. The first-order valence-corrected chi connectivity index (χ1v) is 4.01. The first-order valence-electron chi connectivity index (χ1n) is 4.01. The molecule has 0 unspecified atom stereocenters. The molecular weight excluding hydrogens is 166 g/mol. The Morgan fingerprint density at radius 1 is 1.62 bits per heavy atom. The highest BCUT2D eigenvalue weighted by Gasteiger charge is 1.93. The average molecular weight is 179 g/mol. The lowest BCUT2D eigenvalue weighted by atomic mass is 10.4. The molecule has 1 aromatic heterocycles. The fourth-order valence-corrected chi connectivity index (χ4v) is 0.987. The van der Waals surface area contributed by atoms with Crippen molar-refractivity contribution in [1.82, 2.24) is 4.57 Å². The van der Waals surface area contributed by atoms with E-state index in [2.05, 4.69) is 17.1 Å². The summed E-state index contributed by atoms with van der Waals surface area (Å²) in [7, 11) is 0. The second-order valence-corrected chi connectivity index (χ2v) is 2.49. The third-order valence-electron chi connectivity index (χ3n) is 1.57. The van der Waals surface area contributed by atoms with E-state index in [4.69, 9.17) is 11.5 Å². The van der Waals surface area contributed by atoms with E-state index in [1.54, 1.807) is 6.21 Å². The van der Waals surface area contributed by atoms with Crippen LogP contribution in [0.1, 0.15) is 12.6 Å². The molecule has 4 N–H and O–H groups in total. The first-order chi connectivity index (χ1) is 6.24. The second kappa shape index (κ2) is 4.30. The van der Waals surface area contributed by atoms with Gasteiger partial charge in [0.2, 0.25) is 5.96 Å². The summed E-state index contributed by atoms with van der Waals surface area (Å²) in [5.74, 6) is -0.0362. The summed E-state index contributed by atoms with van der Waals surface area (Å²) < 4.78 is 2.03. The van der Waals surface area contributed by atoms with E-state index in [1.807, 2.05) is 22.9 Å². The van der Waals surface area contributed by atoms with Gasteiger partial charge in [-0.1, -0.05) is 0 Å². The van der Waals surface area contributed by atoms with Crippen molar-refractivity contribution in [3.05, 3.63) is 24.0 Å². The molecule has 0 amide bonds. The van der Waals surface area contributed by atoms with E-state index in [0.29, 0.717) is 0 Å². The van der Waals surface area contributed by atoms with Crippen LogP contribution in [-0.4, -0.2) is 16.7 Å². The molecule has 70 valence electrons. The third-order valence-corrected chi connectivity index (χ3v) is 1.57. The second-order valence-electron chi connectivity index (χ2n) is 2.49. The highest BCUT2D eigenvalue weighted by Crippen LogP contribution is 1.98. The predicted octanol–water partition coefficient (Wildman–Crippen LogP) is 0.115. The summed E-state index contributed by atoms with van der Waals surface area (Å²) in [6, 6.07) is 3.88. The first kappa shape index (κ1) is 9.31. The standard InChI is InChI=1S/C8H13N5/c1-2-13-5-3-4-7(13)6-11-12-8(9)10/h3-6H,2H2,1H3,(H4,9,10,12)/b11-6+. The van der Waals surface area contributed by atoms with Gasteiger partial charge in [0.25, 0.3) is 0 Å². The maximum Gasteiger partial charge on any atom is 0.211 e. The number of aryl methyl sites for hydroxylation is 1. The van der Waals surface area contributed by atoms with Gasteiger partial charge >= 0.3 is 0 Å². The molecule has 0 aliphatic carbocycles. The zero-order valence-corrected chi connectivity index (χ0v) is 7.51. The van der Waals surface area contributed by atoms with Crippen LogP contribution in [0.15, 0.2) is 28.5 Å². The minimum atomic E-state index is -0.0362. The molecule has 0 spiro atoms. The van der Waals surface area contributed by atoms with Crippen LogP contribution in [0.3, 0.4) is 0 Å². The Balaban J connectivity index is 2.73. The normalized spacial score (nSPS) is 10.5. The molecule has 5 nitrogen and oxygen atoms in total. The van der Waals surface area contributed by atoms with Crippen LogP contribution in [0.4, 0.5) is 0 Å². The Hall–Kier alpha value is -1.78. The highest BCUT2D eigenvalue weighted by atomic mass is 15.3. The fourth-order valence-electron chi connectivity index (χ4n) is 0.987. The molecule has 0 bridgehead atoms. The van der Waals surface area contributed by atoms with E-state index in [1.165, 1.54) is 0 Å². The fraction of sp³-hybridized carbons (Fsp3) is 0.250. The number of nitrogens with two attached hydrogens (primary N) is 2. The smallest absolute Gasteiger partial charge is 0.211 e. The summed E-state index contributed by atoms with van der Waals surface area (Å²) in [6.07, 6.45) is 3.58. The van der Waals surface area contributed by atoms with E-state index in [-0.39, 0.29) is 5.96 Å². The summed E-state index contributed by atoms with van der Waals surface area (Å²) in [5, 5.41) is 7.22. The van der Waals surface area contributed by atoms with Crippen LogP contribution in [0, 0.1) is 0 Å². The van der Waals surface area contributed by atoms with Gasteiger partial charge in [-0.15, -0.1) is 5.10 Å². The molecule has 5 heteroatoms. The molecule has 0 saturated heterocycles. The van der Waals surface area contributed by atoms with Crippen molar-refractivity contribution in [3.63, 3.8) is 0 Å². The number of rotatable bonds is 3. The van der Waals surface area contributed by atoms with Gasteiger partial charge in [-0.05, 0) is 19.1 Å². The Labute approximate surface area is 76.8 Å². The van der Waals surface area contributed by atoms with E-state index < -0.39 is 0 Å². The van der Waals surface area contributed by atoms with Crippen molar-refractivity contribution in [2.24, 2.45) is 21.7 Å². The van der Waals surface area contributed by atoms with Gasteiger partial charge in [-0.3, -0.25) is 0 Å². The topological polar surface area (TPSA) is 81.7 Å². The van der Waals surface area contributed by atoms with E-state index in [9.17, 15) is 0 Å². The lowest BCUT2D eigenvalue weighted by Gasteiger charge is -1.98. The SMILES string of the molecule is CCn1cccc1/C=N/N=C(N)N. The van der Waals surface area contributed by atoms with Crippen LogP contribution in [0.5, 0.6) is 0 Å². The number of nitrogens with zero attached hydrogens (tertiary/aromatic N) is 3. The zero-order chi connectivity index (χ0) is 9.68. The largest absolute Gasteiger partial charge is 0.369 e. The summed E-state index contributed by atoms with van der Waals surface area (Å²) in [5.41, 5.74) is 11.2. The number of aromatic nitrogens is 1. The van der Waals surface area contributed by atoms with Gasteiger partial charge in [0, 0.05) is 12.7 Å². The molecule has 0 aromatic carbocycles. The van der Waals surface area contributed by atoms with Gasteiger partial charge in [0.15, 0.2) is 0 Å². The van der Waals surface area contributed by atoms with Gasteiger partial charge in [0.05, 0.1) is 11.9 Å². The summed E-state index contributed by atoms with van der Waals surface area (Å²) in [4.78, 5) is 0. The maximum absolute atomic E-state index is 5.11. The minimum absolute atomic E-state index is 0.0362. The highest BCUT2D eigenvalue weighted by molar-refractivity contribution is 5.80. The molecule has 0 aliphatic heterocycles. The van der Waals surface area contributed by atoms with Crippen molar-refractivity contribution in [2.45, 2.75) is 13.5 Å². The molecular formula is C8H13N5. The average Bonchev–Trinajstić information content (AvgIpc) is 2.51. The minimum Gasteiger partial charge on any atom is -0.369 e. The third kappa shape index (κ3) is 2.62. The molecule has 0 fully saturated rings. The molecule has 1 rings (SSSR count). The van der Waals surface area contributed by atoms with Crippen LogP contribution < -0.4 is 11.5 Å². The van der Waals surface area contributed by atoms with Crippen LogP contribution in [-0.2, 0) is 6.54 Å². The van der Waals surface area contributed by atoms with E-state index in [0.717, 1.165) is 12.2 Å². The Morgan fingerprint density at radius 3 is 3.00 bits per heavy atom. The lowest BCUT2D eigenvalue weighted by molar-refractivity contribution is 0.763. The molecule has 0 aliphatic rings. The number of hydrogen-bond donors (Lipinski definition) is 2. The van der Waals surface area contributed by atoms with Crippen molar-refractivity contribution >= 4 is 12.2 Å². The summed E-state index contributed by atoms with van der Waals surface area (Å²) >= 11 is 0. The number of guanidine groups is 1. The predicted molar refractivity (Wildman–Crippen MR) is 53.5 cm³/mol. The zero-order valence-electron chi connectivity index (χ0n) is 7.51. The lowest BCUT2D eigenvalue weighted by Crippen LogP contribution is -2.21. The monoisotopic (exact) mass is 179 g/mol. The van der Waals surface area contributed by atoms with Crippen LogP contribution >= 0.6 is 0 Å². The Morgan fingerprint density at radius 2 is 2.38 bits per heavy atom. The van der Waals surface area contributed by atoms with Crippen molar-refractivity contribution < 1.29 is 0 Å². The van der Waals surface area contributed by atoms with E-state index >= 15 is 0 Å². The Kier molecular flexibility index (Phi) is 3.08. The number of hydrogen-bond acceptors (Lipinski definition) is 2. The maximum atomic E-state index is 5.11. The molecule has 13 heavy (non-hydrogen) atoms. The van der Waals surface area contributed by atoms with Crippen molar-refractivity contribution in [1.29, 1.82) is 0 Å².